The van der Waals surface area contributed by atoms with Crippen LogP contribution in [0.4, 0.5) is 0 Å². The highest BCUT2D eigenvalue weighted by atomic mass is 16.7. The highest BCUT2D eigenvalue weighted by Gasteiger charge is 2.42. The van der Waals surface area contributed by atoms with Crippen LogP contribution in [0.5, 0.6) is 0 Å². The number of aliphatic hydroxyl groups is 1. The maximum Gasteiger partial charge on any atom is 0.155 e. The average molecular weight is 188 g/mol. The Hall–Kier alpha value is -0.160. The molecule has 2 aliphatic rings. The van der Waals surface area contributed by atoms with Crippen molar-refractivity contribution in [3.63, 3.8) is 0 Å². The fraction of sp³-hybridized carbons (Fsp3) is 1.00. The summed E-state index contributed by atoms with van der Waals surface area (Å²) in [4.78, 5) is 0. The molecular weight excluding hydrogens is 172 g/mol. The van der Waals surface area contributed by atoms with Gasteiger partial charge >= 0.3 is 0 Å². The van der Waals surface area contributed by atoms with Gasteiger partial charge in [-0.3, -0.25) is 0 Å². The van der Waals surface area contributed by atoms with Gasteiger partial charge in [-0.05, 0) is 6.92 Å². The first-order valence-electron chi connectivity index (χ1n) is 4.75. The summed E-state index contributed by atoms with van der Waals surface area (Å²) in [5.41, 5.74) is 0. The van der Waals surface area contributed by atoms with Crippen molar-refractivity contribution in [3.8, 4) is 0 Å². The van der Waals surface area contributed by atoms with Crippen LogP contribution in [0.3, 0.4) is 0 Å². The van der Waals surface area contributed by atoms with Crippen LogP contribution in [0.25, 0.3) is 0 Å². The molecule has 2 rings (SSSR count). The molecule has 2 aliphatic heterocycles. The molecule has 4 nitrogen and oxygen atoms in total. The fourth-order valence-corrected chi connectivity index (χ4v) is 1.81. The molecule has 1 N–H and O–H groups in total. The summed E-state index contributed by atoms with van der Waals surface area (Å²) in [6.07, 6.45) is -0.968. The van der Waals surface area contributed by atoms with Gasteiger partial charge in [-0.15, -0.1) is 0 Å². The van der Waals surface area contributed by atoms with Crippen molar-refractivity contribution in [2.75, 3.05) is 13.2 Å². The van der Waals surface area contributed by atoms with E-state index in [-0.39, 0.29) is 24.4 Å². The van der Waals surface area contributed by atoms with E-state index in [4.69, 9.17) is 14.2 Å². The Morgan fingerprint density at radius 1 is 1.15 bits per heavy atom. The van der Waals surface area contributed by atoms with Crippen LogP contribution in [0.2, 0.25) is 0 Å². The lowest BCUT2D eigenvalue weighted by atomic mass is 9.93. The van der Waals surface area contributed by atoms with Crippen LogP contribution >= 0.6 is 0 Å². The lowest BCUT2D eigenvalue weighted by molar-refractivity contribution is -0.298. The van der Waals surface area contributed by atoms with Gasteiger partial charge in [0, 0.05) is 5.92 Å². The largest absolute Gasteiger partial charge is 0.390 e. The Kier molecular flexibility index (Phi) is 2.55. The highest BCUT2D eigenvalue weighted by Crippen LogP contribution is 2.27. The zero-order valence-electron chi connectivity index (χ0n) is 7.97. The molecule has 0 aromatic rings. The Balaban J connectivity index is 2.04. The zero-order chi connectivity index (χ0) is 9.42. The van der Waals surface area contributed by atoms with Crippen LogP contribution < -0.4 is 0 Å². The van der Waals surface area contributed by atoms with E-state index in [0.717, 1.165) is 0 Å². The van der Waals surface area contributed by atoms with E-state index >= 15 is 0 Å². The summed E-state index contributed by atoms with van der Waals surface area (Å²) in [5.74, 6) is 0.145. The highest BCUT2D eigenvalue weighted by molar-refractivity contribution is 4.88. The van der Waals surface area contributed by atoms with Crippen molar-refractivity contribution < 1.29 is 19.3 Å². The van der Waals surface area contributed by atoms with Crippen molar-refractivity contribution in [1.29, 1.82) is 0 Å². The molecule has 0 aromatic carbocycles. The third kappa shape index (κ3) is 1.72. The molecular formula is C9H16O4. The van der Waals surface area contributed by atoms with E-state index in [1.54, 1.807) is 0 Å². The van der Waals surface area contributed by atoms with Crippen LogP contribution in [0, 0.1) is 5.92 Å². The minimum Gasteiger partial charge on any atom is -0.390 e. The second-order valence-electron chi connectivity index (χ2n) is 3.84. The maximum atomic E-state index is 9.83. The molecule has 0 aliphatic carbocycles. The summed E-state index contributed by atoms with van der Waals surface area (Å²) in [6.45, 7) is 4.91. The zero-order valence-corrected chi connectivity index (χ0v) is 7.97. The second kappa shape index (κ2) is 3.53. The summed E-state index contributed by atoms with van der Waals surface area (Å²) in [6, 6.07) is 0. The van der Waals surface area contributed by atoms with Crippen molar-refractivity contribution in [2.45, 2.75) is 38.4 Å². The van der Waals surface area contributed by atoms with E-state index < -0.39 is 6.10 Å². The summed E-state index contributed by atoms with van der Waals surface area (Å²) in [7, 11) is 0. The van der Waals surface area contributed by atoms with Gasteiger partial charge in [0.25, 0.3) is 0 Å². The van der Waals surface area contributed by atoms with Gasteiger partial charge in [-0.25, -0.2) is 0 Å². The quantitative estimate of drug-likeness (QED) is 0.587. The van der Waals surface area contributed by atoms with Gasteiger partial charge < -0.3 is 19.3 Å². The summed E-state index contributed by atoms with van der Waals surface area (Å²) < 4.78 is 16.3. The Bertz CT molecular complexity index is 180. The van der Waals surface area contributed by atoms with Gasteiger partial charge in [0.15, 0.2) is 6.29 Å². The minimum atomic E-state index is -0.426. The molecule has 13 heavy (non-hydrogen) atoms. The number of ether oxygens (including phenoxy) is 3. The second-order valence-corrected chi connectivity index (χ2v) is 3.84. The molecule has 0 amide bonds. The SMILES string of the molecule is CC1OC[C@H]2OC[C@@H](C)[C@@H](O)[C@@H]2O1. The van der Waals surface area contributed by atoms with Gasteiger partial charge in [-0.2, -0.15) is 0 Å². The van der Waals surface area contributed by atoms with Gasteiger partial charge in [-0.1, -0.05) is 6.92 Å². The maximum absolute atomic E-state index is 9.83. The molecule has 0 spiro atoms. The van der Waals surface area contributed by atoms with E-state index in [1.807, 2.05) is 13.8 Å². The number of hydrogen-bond donors (Lipinski definition) is 1. The van der Waals surface area contributed by atoms with Gasteiger partial charge in [0.2, 0.25) is 0 Å². The molecule has 0 saturated carbocycles. The number of fused-ring (bicyclic) bond motifs is 1. The topological polar surface area (TPSA) is 47.9 Å². The Labute approximate surface area is 77.8 Å². The van der Waals surface area contributed by atoms with Crippen LogP contribution in [-0.4, -0.2) is 42.9 Å². The standard InChI is InChI=1S/C9H16O4/c1-5-3-12-7-4-11-6(2)13-9(7)8(5)10/h5-10H,3-4H2,1-2H3/t5-,6?,7-,8-,9-/m1/s1. The lowest BCUT2D eigenvalue weighted by Crippen LogP contribution is -2.56. The molecule has 0 radical (unpaired) electrons. The molecule has 4 heteroatoms. The number of rotatable bonds is 0. The summed E-state index contributed by atoms with van der Waals surface area (Å²) >= 11 is 0. The van der Waals surface area contributed by atoms with E-state index in [0.29, 0.717) is 13.2 Å². The molecule has 76 valence electrons. The Morgan fingerprint density at radius 2 is 1.92 bits per heavy atom. The first kappa shape index (κ1) is 9.40. The Morgan fingerprint density at radius 3 is 2.69 bits per heavy atom. The first-order chi connectivity index (χ1) is 6.18. The molecule has 1 unspecified atom stereocenters. The van der Waals surface area contributed by atoms with Gasteiger partial charge in [0.05, 0.1) is 19.3 Å². The van der Waals surface area contributed by atoms with Crippen LogP contribution in [0.1, 0.15) is 13.8 Å². The third-order valence-electron chi connectivity index (χ3n) is 2.70. The molecule has 2 saturated heterocycles. The van der Waals surface area contributed by atoms with Crippen molar-refractivity contribution in [1.82, 2.24) is 0 Å². The fourth-order valence-electron chi connectivity index (χ4n) is 1.81. The van der Waals surface area contributed by atoms with E-state index in [1.165, 1.54) is 0 Å². The van der Waals surface area contributed by atoms with Crippen LogP contribution in [-0.2, 0) is 14.2 Å². The number of hydrogen-bond acceptors (Lipinski definition) is 4. The van der Waals surface area contributed by atoms with E-state index in [2.05, 4.69) is 0 Å². The number of aliphatic hydroxyl groups excluding tert-OH is 1. The predicted octanol–water partition coefficient (Wildman–Crippen LogP) is 0.144. The first-order valence-corrected chi connectivity index (χ1v) is 4.75. The molecule has 0 aromatic heterocycles. The molecule has 5 atom stereocenters. The van der Waals surface area contributed by atoms with Crippen molar-refractivity contribution >= 4 is 0 Å². The van der Waals surface area contributed by atoms with Gasteiger partial charge in [0.1, 0.15) is 12.2 Å². The lowest BCUT2D eigenvalue weighted by Gasteiger charge is -2.43. The smallest absolute Gasteiger partial charge is 0.155 e. The minimum absolute atomic E-state index is 0.0950. The van der Waals surface area contributed by atoms with Crippen molar-refractivity contribution in [2.24, 2.45) is 5.92 Å². The summed E-state index contributed by atoms with van der Waals surface area (Å²) in [5, 5.41) is 9.83. The van der Waals surface area contributed by atoms with Crippen LogP contribution in [0.15, 0.2) is 0 Å². The van der Waals surface area contributed by atoms with Crippen molar-refractivity contribution in [3.05, 3.63) is 0 Å². The average Bonchev–Trinajstić information content (AvgIpc) is 2.12. The molecule has 0 bridgehead atoms. The third-order valence-corrected chi connectivity index (χ3v) is 2.70. The molecule has 2 fully saturated rings. The predicted molar refractivity (Wildman–Crippen MR) is 45.2 cm³/mol. The molecule has 2 heterocycles. The normalized spacial score (nSPS) is 51.5. The monoisotopic (exact) mass is 188 g/mol. The van der Waals surface area contributed by atoms with E-state index in [9.17, 15) is 5.11 Å².